The smallest absolute Gasteiger partial charge is 0.295 e. The van der Waals surface area contributed by atoms with Crippen molar-refractivity contribution in [2.75, 3.05) is 12.4 Å². The Kier molecular flexibility index (Phi) is 5.54. The molecule has 1 heterocycles. The van der Waals surface area contributed by atoms with Gasteiger partial charge < -0.3 is 10.1 Å². The van der Waals surface area contributed by atoms with Crippen LogP contribution >= 0.6 is 0 Å². The number of aryl methyl sites for hydroxylation is 3. The summed E-state index contributed by atoms with van der Waals surface area (Å²) >= 11 is 0. The second kappa shape index (κ2) is 8.44. The van der Waals surface area contributed by atoms with Gasteiger partial charge >= 0.3 is 0 Å². The molecule has 1 amide bonds. The molecule has 156 valence electrons. The number of anilines is 1. The summed E-state index contributed by atoms with van der Waals surface area (Å²) in [7, 11) is 1.62. The first-order chi connectivity index (χ1) is 14.9. The quantitative estimate of drug-likeness (QED) is 0.494. The number of nitrogens with zero attached hydrogens (tertiary/aromatic N) is 3. The number of benzene rings is 3. The summed E-state index contributed by atoms with van der Waals surface area (Å²) in [6.45, 7) is 6.07. The molecule has 0 unspecified atom stereocenters. The van der Waals surface area contributed by atoms with E-state index < -0.39 is 0 Å². The first kappa shape index (κ1) is 20.3. The van der Waals surface area contributed by atoms with Gasteiger partial charge in [-0.1, -0.05) is 29.8 Å². The lowest BCUT2D eigenvalue weighted by atomic mass is 10.1. The third kappa shape index (κ3) is 4.33. The lowest BCUT2D eigenvalue weighted by Crippen LogP contribution is -2.14. The van der Waals surface area contributed by atoms with Crippen LogP contribution in [0.5, 0.6) is 5.75 Å². The van der Waals surface area contributed by atoms with Crippen molar-refractivity contribution in [2.24, 2.45) is 0 Å². The molecule has 0 fully saturated rings. The van der Waals surface area contributed by atoms with Crippen LogP contribution in [0.25, 0.3) is 17.1 Å². The Morgan fingerprint density at radius 1 is 0.935 bits per heavy atom. The van der Waals surface area contributed by atoms with Crippen LogP contribution in [0.3, 0.4) is 0 Å². The molecule has 4 rings (SSSR count). The molecule has 0 saturated carbocycles. The summed E-state index contributed by atoms with van der Waals surface area (Å²) in [6, 6.07) is 21.2. The second-order valence-electron chi connectivity index (χ2n) is 7.49. The number of carbonyl (C=O) groups excluding carboxylic acids is 1. The molecule has 1 N–H and O–H groups in total. The molecule has 0 aliphatic rings. The molecule has 0 atom stereocenters. The molecule has 0 aliphatic heterocycles. The monoisotopic (exact) mass is 412 g/mol. The van der Waals surface area contributed by atoms with Crippen LogP contribution < -0.4 is 10.1 Å². The van der Waals surface area contributed by atoms with Gasteiger partial charge in [0.15, 0.2) is 5.82 Å². The molecule has 0 spiro atoms. The first-order valence-corrected chi connectivity index (χ1v) is 10.0. The Balaban J connectivity index is 1.74. The maximum Gasteiger partial charge on any atom is 0.295 e. The summed E-state index contributed by atoms with van der Waals surface area (Å²) in [6.07, 6.45) is 0. The zero-order valence-electron chi connectivity index (χ0n) is 18.0. The van der Waals surface area contributed by atoms with Crippen molar-refractivity contribution in [2.45, 2.75) is 20.8 Å². The van der Waals surface area contributed by atoms with Gasteiger partial charge in [0.1, 0.15) is 5.75 Å². The summed E-state index contributed by atoms with van der Waals surface area (Å²) in [5, 5.41) is 7.43. The molecular formula is C25H24N4O2. The average molecular weight is 412 g/mol. The first-order valence-electron chi connectivity index (χ1n) is 10.0. The normalized spacial score (nSPS) is 10.7. The van der Waals surface area contributed by atoms with E-state index in [1.807, 2.05) is 87.5 Å². The van der Waals surface area contributed by atoms with Crippen LogP contribution in [0.4, 0.5) is 5.69 Å². The van der Waals surface area contributed by atoms with Gasteiger partial charge in [-0.15, -0.1) is 5.10 Å². The summed E-state index contributed by atoms with van der Waals surface area (Å²) in [5.74, 6) is 1.09. The Morgan fingerprint density at radius 2 is 1.71 bits per heavy atom. The highest BCUT2D eigenvalue weighted by atomic mass is 16.5. The van der Waals surface area contributed by atoms with Crippen molar-refractivity contribution in [3.8, 4) is 22.8 Å². The standard InChI is InChI=1S/C25H24N4O2/c1-16-6-5-7-19(14-16)24-27-23(25(30)26-20-9-8-17(2)18(3)15-20)28-29(24)21-10-12-22(31-4)13-11-21/h5-15H,1-4H3,(H,26,30). The van der Waals surface area contributed by atoms with Crippen molar-refractivity contribution in [1.82, 2.24) is 14.8 Å². The van der Waals surface area contributed by atoms with E-state index in [2.05, 4.69) is 15.4 Å². The molecule has 31 heavy (non-hydrogen) atoms. The number of aromatic nitrogens is 3. The number of ether oxygens (including phenoxy) is 1. The van der Waals surface area contributed by atoms with Gasteiger partial charge in [-0.3, -0.25) is 4.79 Å². The minimum absolute atomic E-state index is 0.102. The Morgan fingerprint density at radius 3 is 2.39 bits per heavy atom. The van der Waals surface area contributed by atoms with Gasteiger partial charge in [-0.25, -0.2) is 9.67 Å². The van der Waals surface area contributed by atoms with Crippen molar-refractivity contribution in [3.63, 3.8) is 0 Å². The number of rotatable bonds is 5. The number of methoxy groups -OCH3 is 1. The Hall–Kier alpha value is -3.93. The average Bonchev–Trinajstić information content (AvgIpc) is 3.22. The van der Waals surface area contributed by atoms with Gasteiger partial charge in [-0.05, 0) is 74.4 Å². The van der Waals surface area contributed by atoms with Crippen molar-refractivity contribution >= 4 is 11.6 Å². The number of hydrogen-bond donors (Lipinski definition) is 1. The highest BCUT2D eigenvalue weighted by molar-refractivity contribution is 6.01. The van der Waals surface area contributed by atoms with Crippen LogP contribution in [-0.4, -0.2) is 27.8 Å². The fourth-order valence-electron chi connectivity index (χ4n) is 3.29. The van der Waals surface area contributed by atoms with Crippen LogP contribution in [0, 0.1) is 20.8 Å². The Bertz CT molecular complexity index is 1240. The van der Waals surface area contributed by atoms with Crippen molar-refractivity contribution in [1.29, 1.82) is 0 Å². The minimum Gasteiger partial charge on any atom is -0.497 e. The molecule has 4 aromatic rings. The maximum atomic E-state index is 12.9. The molecule has 0 aliphatic carbocycles. The topological polar surface area (TPSA) is 69.0 Å². The van der Waals surface area contributed by atoms with E-state index >= 15 is 0 Å². The highest BCUT2D eigenvalue weighted by Gasteiger charge is 2.19. The SMILES string of the molecule is COc1ccc(-n2nc(C(=O)Nc3ccc(C)c(C)c3)nc2-c2cccc(C)c2)cc1. The second-order valence-corrected chi connectivity index (χ2v) is 7.49. The fraction of sp³-hybridized carbons (Fsp3) is 0.160. The molecule has 6 heteroatoms. The van der Waals surface area contributed by atoms with Crippen LogP contribution in [0.2, 0.25) is 0 Å². The lowest BCUT2D eigenvalue weighted by Gasteiger charge is -2.07. The summed E-state index contributed by atoms with van der Waals surface area (Å²) in [4.78, 5) is 17.5. The van der Waals surface area contributed by atoms with Gasteiger partial charge in [0, 0.05) is 11.3 Å². The predicted molar refractivity (Wildman–Crippen MR) is 122 cm³/mol. The Labute approximate surface area is 181 Å². The van der Waals surface area contributed by atoms with E-state index in [1.165, 1.54) is 5.56 Å². The van der Waals surface area contributed by atoms with Gasteiger partial charge in [0.2, 0.25) is 5.82 Å². The zero-order valence-corrected chi connectivity index (χ0v) is 18.0. The molecule has 3 aromatic carbocycles. The van der Waals surface area contributed by atoms with E-state index in [-0.39, 0.29) is 11.7 Å². The third-order valence-electron chi connectivity index (χ3n) is 5.17. The van der Waals surface area contributed by atoms with Crippen LogP contribution in [0.15, 0.2) is 66.7 Å². The van der Waals surface area contributed by atoms with Crippen LogP contribution in [0.1, 0.15) is 27.3 Å². The van der Waals surface area contributed by atoms with Crippen LogP contribution in [-0.2, 0) is 0 Å². The molecule has 0 bridgehead atoms. The maximum absolute atomic E-state index is 12.9. The third-order valence-corrected chi connectivity index (χ3v) is 5.17. The van der Waals surface area contributed by atoms with E-state index in [9.17, 15) is 4.79 Å². The molecule has 1 aromatic heterocycles. The van der Waals surface area contributed by atoms with Gasteiger partial charge in [0.25, 0.3) is 5.91 Å². The minimum atomic E-state index is -0.357. The summed E-state index contributed by atoms with van der Waals surface area (Å²) in [5.41, 5.74) is 5.76. The highest BCUT2D eigenvalue weighted by Crippen LogP contribution is 2.24. The molecule has 0 saturated heterocycles. The van der Waals surface area contributed by atoms with Gasteiger partial charge in [0.05, 0.1) is 12.8 Å². The molecule has 0 radical (unpaired) electrons. The van der Waals surface area contributed by atoms with Gasteiger partial charge in [-0.2, -0.15) is 0 Å². The van der Waals surface area contributed by atoms with Crippen molar-refractivity contribution in [3.05, 3.63) is 89.2 Å². The van der Waals surface area contributed by atoms with E-state index in [4.69, 9.17) is 4.74 Å². The lowest BCUT2D eigenvalue weighted by molar-refractivity contribution is 0.101. The molecular weight excluding hydrogens is 388 g/mol. The fourth-order valence-corrected chi connectivity index (χ4v) is 3.29. The largest absolute Gasteiger partial charge is 0.497 e. The number of hydrogen-bond acceptors (Lipinski definition) is 4. The van der Waals surface area contributed by atoms with E-state index in [0.29, 0.717) is 11.5 Å². The van der Waals surface area contributed by atoms with E-state index in [1.54, 1.807) is 11.8 Å². The number of nitrogens with one attached hydrogen (secondary N) is 1. The predicted octanol–water partition coefficient (Wildman–Crippen LogP) is 5.12. The number of amides is 1. The molecule has 6 nitrogen and oxygen atoms in total. The van der Waals surface area contributed by atoms with E-state index in [0.717, 1.165) is 28.1 Å². The number of carbonyl (C=O) groups is 1. The van der Waals surface area contributed by atoms with Crippen molar-refractivity contribution < 1.29 is 9.53 Å². The summed E-state index contributed by atoms with van der Waals surface area (Å²) < 4.78 is 6.94. The zero-order chi connectivity index (χ0) is 22.0.